The van der Waals surface area contributed by atoms with Crippen LogP contribution in [0.2, 0.25) is 5.02 Å². The molecule has 7 nitrogen and oxygen atoms in total. The molecule has 1 saturated heterocycles. The van der Waals surface area contributed by atoms with Gasteiger partial charge in [0.05, 0.1) is 18.4 Å². The van der Waals surface area contributed by atoms with Crippen molar-refractivity contribution >= 4 is 29.1 Å². The highest BCUT2D eigenvalue weighted by Crippen LogP contribution is 2.18. The standard InChI is InChI=1S/C17H20ClN3O4/c18-12-5-3-11(4-6-12)14-8-15(25-21-14)17(23)20-10-16(22)19-9-13-2-1-7-24-13/h3-6,13,15H,1-2,7-10H2,(H,19,22)(H,20,23)/t13-,15-/m0/s1. The lowest BCUT2D eigenvalue weighted by Gasteiger charge is -2.12. The van der Waals surface area contributed by atoms with E-state index in [2.05, 4.69) is 15.8 Å². The molecule has 2 aliphatic heterocycles. The van der Waals surface area contributed by atoms with E-state index in [-0.39, 0.29) is 24.5 Å². The van der Waals surface area contributed by atoms with Crippen molar-refractivity contribution in [2.45, 2.75) is 31.5 Å². The highest BCUT2D eigenvalue weighted by Gasteiger charge is 2.29. The Morgan fingerprint density at radius 1 is 1.24 bits per heavy atom. The fourth-order valence-electron chi connectivity index (χ4n) is 2.71. The second kappa shape index (κ2) is 8.31. The molecule has 1 aromatic rings. The van der Waals surface area contributed by atoms with Crippen molar-refractivity contribution in [3.8, 4) is 0 Å². The Bertz CT molecular complexity index is 656. The summed E-state index contributed by atoms with van der Waals surface area (Å²) >= 11 is 5.85. The number of nitrogens with zero attached hydrogens (tertiary/aromatic N) is 1. The van der Waals surface area contributed by atoms with Gasteiger partial charge in [-0.25, -0.2) is 0 Å². The van der Waals surface area contributed by atoms with Crippen LogP contribution in [0, 0.1) is 0 Å². The quantitative estimate of drug-likeness (QED) is 0.794. The number of oxime groups is 1. The van der Waals surface area contributed by atoms with Crippen LogP contribution in [0.1, 0.15) is 24.8 Å². The summed E-state index contributed by atoms with van der Waals surface area (Å²) in [5.74, 6) is -0.610. The smallest absolute Gasteiger partial charge is 0.264 e. The van der Waals surface area contributed by atoms with Gasteiger partial charge in [0.2, 0.25) is 12.0 Å². The molecule has 0 aromatic heterocycles. The van der Waals surface area contributed by atoms with Crippen LogP contribution in [0.3, 0.4) is 0 Å². The van der Waals surface area contributed by atoms with Crippen LogP contribution in [0.15, 0.2) is 29.4 Å². The third-order valence-electron chi connectivity index (χ3n) is 4.11. The Balaban J connectivity index is 1.39. The molecule has 0 unspecified atom stereocenters. The zero-order valence-electron chi connectivity index (χ0n) is 13.7. The molecule has 1 aromatic carbocycles. The number of carbonyl (C=O) groups is 2. The maximum Gasteiger partial charge on any atom is 0.264 e. The van der Waals surface area contributed by atoms with Gasteiger partial charge < -0.3 is 20.2 Å². The number of hydrogen-bond acceptors (Lipinski definition) is 5. The Labute approximate surface area is 150 Å². The van der Waals surface area contributed by atoms with E-state index in [1.54, 1.807) is 12.1 Å². The van der Waals surface area contributed by atoms with Crippen LogP contribution in [0.25, 0.3) is 0 Å². The second-order valence-corrected chi connectivity index (χ2v) is 6.44. The number of nitrogens with one attached hydrogen (secondary N) is 2. The Morgan fingerprint density at radius 3 is 2.76 bits per heavy atom. The van der Waals surface area contributed by atoms with Crippen LogP contribution < -0.4 is 10.6 Å². The van der Waals surface area contributed by atoms with Crippen LogP contribution >= 0.6 is 11.6 Å². The number of carbonyl (C=O) groups excluding carboxylic acids is 2. The number of benzene rings is 1. The van der Waals surface area contributed by atoms with Gasteiger partial charge in [-0.05, 0) is 30.5 Å². The molecule has 2 amide bonds. The van der Waals surface area contributed by atoms with Gasteiger partial charge in [0, 0.05) is 24.6 Å². The molecular formula is C17H20ClN3O4. The van der Waals surface area contributed by atoms with E-state index in [1.807, 2.05) is 12.1 Å². The summed E-state index contributed by atoms with van der Waals surface area (Å²) in [6.07, 6.45) is 1.68. The van der Waals surface area contributed by atoms with Gasteiger partial charge >= 0.3 is 0 Å². The summed E-state index contributed by atoms with van der Waals surface area (Å²) in [5.41, 5.74) is 1.54. The van der Waals surface area contributed by atoms with E-state index in [4.69, 9.17) is 21.2 Å². The van der Waals surface area contributed by atoms with Crippen molar-refractivity contribution in [3.05, 3.63) is 34.9 Å². The number of rotatable bonds is 6. The van der Waals surface area contributed by atoms with E-state index in [0.717, 1.165) is 25.0 Å². The highest BCUT2D eigenvalue weighted by atomic mass is 35.5. The minimum atomic E-state index is -0.725. The lowest BCUT2D eigenvalue weighted by atomic mass is 10.0. The average molecular weight is 366 g/mol. The minimum absolute atomic E-state index is 0.0770. The van der Waals surface area contributed by atoms with Crippen molar-refractivity contribution in [1.82, 2.24) is 10.6 Å². The van der Waals surface area contributed by atoms with Gasteiger partial charge in [-0.1, -0.05) is 28.9 Å². The van der Waals surface area contributed by atoms with Gasteiger partial charge in [0.1, 0.15) is 0 Å². The van der Waals surface area contributed by atoms with Crippen LogP contribution in [0.4, 0.5) is 0 Å². The maximum atomic E-state index is 12.1. The SMILES string of the molecule is O=C(CNC(=O)[C@@H]1CC(c2ccc(Cl)cc2)=NO1)NC[C@@H]1CCCO1. The first-order valence-corrected chi connectivity index (χ1v) is 8.64. The number of amides is 2. The van der Waals surface area contributed by atoms with Gasteiger partial charge in [-0.3, -0.25) is 9.59 Å². The molecule has 0 spiro atoms. The van der Waals surface area contributed by atoms with Gasteiger partial charge in [-0.15, -0.1) is 0 Å². The predicted octanol–water partition coefficient (Wildman–Crippen LogP) is 1.24. The molecule has 25 heavy (non-hydrogen) atoms. The maximum absolute atomic E-state index is 12.1. The van der Waals surface area contributed by atoms with E-state index in [0.29, 0.717) is 23.7 Å². The van der Waals surface area contributed by atoms with Crippen molar-refractivity contribution in [3.63, 3.8) is 0 Å². The molecule has 2 heterocycles. The summed E-state index contributed by atoms with van der Waals surface area (Å²) < 4.78 is 5.43. The largest absolute Gasteiger partial charge is 0.382 e. The van der Waals surface area contributed by atoms with E-state index in [1.165, 1.54) is 0 Å². The fourth-order valence-corrected chi connectivity index (χ4v) is 2.83. The lowest BCUT2D eigenvalue weighted by Crippen LogP contribution is -2.43. The minimum Gasteiger partial charge on any atom is -0.382 e. The van der Waals surface area contributed by atoms with Crippen molar-refractivity contribution in [1.29, 1.82) is 0 Å². The Kier molecular flexibility index (Phi) is 5.88. The highest BCUT2D eigenvalue weighted by molar-refractivity contribution is 6.30. The first kappa shape index (κ1) is 17.7. The number of hydrogen-bond donors (Lipinski definition) is 2. The molecule has 2 aliphatic rings. The summed E-state index contributed by atoms with van der Waals surface area (Å²) in [5, 5.41) is 9.90. The molecule has 8 heteroatoms. The Hall–Kier alpha value is -2.12. The Morgan fingerprint density at radius 2 is 2.04 bits per heavy atom. The molecule has 0 bridgehead atoms. The van der Waals surface area contributed by atoms with E-state index < -0.39 is 6.10 Å². The predicted molar refractivity (Wildman–Crippen MR) is 92.5 cm³/mol. The number of ether oxygens (including phenoxy) is 1. The summed E-state index contributed by atoms with van der Waals surface area (Å²) in [7, 11) is 0. The van der Waals surface area contributed by atoms with E-state index in [9.17, 15) is 9.59 Å². The van der Waals surface area contributed by atoms with Crippen LogP contribution in [0.5, 0.6) is 0 Å². The molecule has 134 valence electrons. The zero-order valence-corrected chi connectivity index (χ0v) is 14.4. The summed E-state index contributed by atoms with van der Waals surface area (Å²) in [4.78, 5) is 29.1. The topological polar surface area (TPSA) is 89.0 Å². The average Bonchev–Trinajstić information content (AvgIpc) is 3.30. The molecular weight excluding hydrogens is 346 g/mol. The second-order valence-electron chi connectivity index (χ2n) is 6.00. The first-order valence-electron chi connectivity index (χ1n) is 8.26. The van der Waals surface area contributed by atoms with Gasteiger partial charge in [0.25, 0.3) is 5.91 Å². The molecule has 2 N–H and O–H groups in total. The lowest BCUT2D eigenvalue weighted by molar-refractivity contribution is -0.133. The first-order chi connectivity index (χ1) is 12.1. The molecule has 0 saturated carbocycles. The zero-order chi connectivity index (χ0) is 17.6. The third kappa shape index (κ3) is 4.93. The molecule has 2 atom stereocenters. The van der Waals surface area contributed by atoms with Gasteiger partial charge in [-0.2, -0.15) is 0 Å². The molecule has 0 aliphatic carbocycles. The van der Waals surface area contributed by atoms with Crippen molar-refractivity contribution < 1.29 is 19.2 Å². The van der Waals surface area contributed by atoms with Crippen molar-refractivity contribution in [2.24, 2.45) is 5.16 Å². The normalized spacial score (nSPS) is 22.2. The molecule has 0 radical (unpaired) electrons. The van der Waals surface area contributed by atoms with E-state index >= 15 is 0 Å². The van der Waals surface area contributed by atoms with Crippen molar-refractivity contribution in [2.75, 3.05) is 19.7 Å². The van der Waals surface area contributed by atoms with Gasteiger partial charge in [0.15, 0.2) is 0 Å². The monoisotopic (exact) mass is 365 g/mol. The summed E-state index contributed by atoms with van der Waals surface area (Å²) in [6.45, 7) is 1.12. The third-order valence-corrected chi connectivity index (χ3v) is 4.36. The van der Waals surface area contributed by atoms with Crippen LogP contribution in [-0.2, 0) is 19.2 Å². The summed E-state index contributed by atoms with van der Waals surface area (Å²) in [6, 6.07) is 7.16. The fraction of sp³-hybridized carbons (Fsp3) is 0.471. The molecule has 3 rings (SSSR count). The van der Waals surface area contributed by atoms with Crippen LogP contribution in [-0.4, -0.2) is 49.4 Å². The molecule has 1 fully saturated rings. The number of halogens is 1.